The maximum Gasteiger partial charge on any atom is 0.129 e. The van der Waals surface area contributed by atoms with Gasteiger partial charge in [0.05, 0.1) is 18.2 Å². The quantitative estimate of drug-likeness (QED) is 0.652. The molecule has 1 rings (SSSR count). The van der Waals surface area contributed by atoms with Gasteiger partial charge in [0, 0.05) is 40.1 Å². The Balaban J connectivity index is 2.70. The van der Waals surface area contributed by atoms with E-state index in [-0.39, 0.29) is 0 Å². The number of nitrogens with zero attached hydrogens (tertiary/aromatic N) is 3. The number of pyridine rings is 1. The molecule has 0 fully saturated rings. The van der Waals surface area contributed by atoms with Crippen molar-refractivity contribution >= 4 is 5.82 Å². The second-order valence-corrected chi connectivity index (χ2v) is 3.84. The van der Waals surface area contributed by atoms with Gasteiger partial charge in [-0.15, -0.1) is 0 Å². The van der Waals surface area contributed by atoms with Crippen LogP contribution in [0.1, 0.15) is 12.0 Å². The molecule has 98 valence electrons. The zero-order chi connectivity index (χ0) is 13.2. The van der Waals surface area contributed by atoms with Gasteiger partial charge in [-0.2, -0.15) is 5.26 Å². The number of methoxy groups -OCH3 is 2. The zero-order valence-electron chi connectivity index (χ0n) is 10.9. The van der Waals surface area contributed by atoms with Crippen LogP contribution >= 0.6 is 0 Å². The summed E-state index contributed by atoms with van der Waals surface area (Å²) in [6.07, 6.45) is 2.57. The molecule has 1 aromatic heterocycles. The van der Waals surface area contributed by atoms with Crippen LogP contribution in [0.2, 0.25) is 0 Å². The third-order valence-corrected chi connectivity index (χ3v) is 2.54. The minimum atomic E-state index is 0.620. The number of hydrogen-bond acceptors (Lipinski definition) is 5. The zero-order valence-corrected chi connectivity index (χ0v) is 10.9. The lowest BCUT2D eigenvalue weighted by Crippen LogP contribution is -2.29. The monoisotopic (exact) mass is 249 g/mol. The predicted molar refractivity (Wildman–Crippen MR) is 69.5 cm³/mol. The highest BCUT2D eigenvalue weighted by Crippen LogP contribution is 2.12. The van der Waals surface area contributed by atoms with Crippen LogP contribution in [0.4, 0.5) is 5.82 Å². The third kappa shape index (κ3) is 4.70. The third-order valence-electron chi connectivity index (χ3n) is 2.54. The number of rotatable bonds is 8. The molecule has 1 heterocycles. The summed E-state index contributed by atoms with van der Waals surface area (Å²) in [6.45, 7) is 2.92. The van der Waals surface area contributed by atoms with Gasteiger partial charge in [0.2, 0.25) is 0 Å². The number of aromatic nitrogens is 1. The van der Waals surface area contributed by atoms with Gasteiger partial charge in [-0.05, 0) is 18.6 Å². The van der Waals surface area contributed by atoms with Crippen molar-refractivity contribution in [1.29, 1.82) is 5.26 Å². The fourth-order valence-corrected chi connectivity index (χ4v) is 1.60. The predicted octanol–water partition coefficient (Wildman–Crippen LogP) is 1.44. The van der Waals surface area contributed by atoms with Crippen LogP contribution in [-0.2, 0) is 9.47 Å². The molecule has 5 heteroatoms. The molecule has 0 unspecified atom stereocenters. The van der Waals surface area contributed by atoms with Crippen LogP contribution < -0.4 is 4.90 Å². The molecule has 18 heavy (non-hydrogen) atoms. The maximum atomic E-state index is 8.89. The summed E-state index contributed by atoms with van der Waals surface area (Å²) in [5.74, 6) is 0.808. The van der Waals surface area contributed by atoms with Gasteiger partial charge in [-0.1, -0.05) is 0 Å². The van der Waals surface area contributed by atoms with E-state index < -0.39 is 0 Å². The van der Waals surface area contributed by atoms with Gasteiger partial charge in [0.1, 0.15) is 5.82 Å². The smallest absolute Gasteiger partial charge is 0.129 e. The Morgan fingerprint density at radius 1 is 1.28 bits per heavy atom. The summed E-state index contributed by atoms with van der Waals surface area (Å²) in [7, 11) is 3.36. The van der Waals surface area contributed by atoms with Crippen molar-refractivity contribution in [3.63, 3.8) is 0 Å². The topological polar surface area (TPSA) is 58.4 Å². The lowest BCUT2D eigenvalue weighted by atomic mass is 10.2. The first kappa shape index (κ1) is 14.4. The van der Waals surface area contributed by atoms with Crippen LogP contribution in [0.3, 0.4) is 0 Å². The van der Waals surface area contributed by atoms with E-state index in [1.807, 2.05) is 0 Å². The average Bonchev–Trinajstić information content (AvgIpc) is 2.42. The molecule has 0 aliphatic carbocycles. The van der Waals surface area contributed by atoms with E-state index >= 15 is 0 Å². The van der Waals surface area contributed by atoms with E-state index in [1.54, 1.807) is 32.5 Å². The van der Waals surface area contributed by atoms with Crippen LogP contribution in [-0.4, -0.2) is 45.5 Å². The van der Waals surface area contributed by atoms with Gasteiger partial charge < -0.3 is 14.4 Å². The molecular weight excluding hydrogens is 230 g/mol. The second-order valence-electron chi connectivity index (χ2n) is 3.84. The van der Waals surface area contributed by atoms with E-state index in [2.05, 4.69) is 16.0 Å². The van der Waals surface area contributed by atoms with Gasteiger partial charge in [-0.25, -0.2) is 4.98 Å². The highest BCUT2D eigenvalue weighted by atomic mass is 16.5. The normalized spacial score (nSPS) is 10.1. The molecule has 0 aliphatic rings. The molecule has 5 nitrogen and oxygen atoms in total. The summed E-state index contributed by atoms with van der Waals surface area (Å²) in [5, 5.41) is 8.89. The van der Waals surface area contributed by atoms with Crippen LogP contribution in [0.5, 0.6) is 0 Å². The molecule has 0 bridgehead atoms. The van der Waals surface area contributed by atoms with Crippen molar-refractivity contribution in [2.45, 2.75) is 6.42 Å². The Morgan fingerprint density at radius 3 is 2.72 bits per heavy atom. The molecule has 0 aliphatic heterocycles. The summed E-state index contributed by atoms with van der Waals surface area (Å²) in [5.41, 5.74) is 0.620. The van der Waals surface area contributed by atoms with E-state index in [9.17, 15) is 0 Å². The molecule has 0 N–H and O–H groups in total. The summed E-state index contributed by atoms with van der Waals surface area (Å²) < 4.78 is 10.1. The highest BCUT2D eigenvalue weighted by molar-refractivity contribution is 5.44. The first-order valence-corrected chi connectivity index (χ1v) is 5.90. The fourth-order valence-electron chi connectivity index (χ4n) is 1.60. The van der Waals surface area contributed by atoms with Crippen molar-refractivity contribution in [3.05, 3.63) is 23.9 Å². The molecule has 0 radical (unpaired) electrons. The van der Waals surface area contributed by atoms with E-state index in [0.29, 0.717) is 18.8 Å². The Kier molecular flexibility index (Phi) is 6.77. The van der Waals surface area contributed by atoms with Crippen molar-refractivity contribution in [2.24, 2.45) is 0 Å². The summed E-state index contributed by atoms with van der Waals surface area (Å²) in [6, 6.07) is 5.62. The average molecular weight is 249 g/mol. The SMILES string of the molecule is COCCCN(CCOC)c1cc(C#N)ccn1. The minimum Gasteiger partial charge on any atom is -0.385 e. The molecule has 0 saturated carbocycles. The Labute approximate surface area is 108 Å². The Bertz CT molecular complexity index is 390. The molecule has 0 spiro atoms. The van der Waals surface area contributed by atoms with Crippen LogP contribution in [0.25, 0.3) is 0 Å². The van der Waals surface area contributed by atoms with Gasteiger partial charge in [0.15, 0.2) is 0 Å². The summed E-state index contributed by atoms with van der Waals surface area (Å²) in [4.78, 5) is 6.40. The van der Waals surface area contributed by atoms with Crippen molar-refractivity contribution in [3.8, 4) is 6.07 Å². The molecular formula is C13H19N3O2. The van der Waals surface area contributed by atoms with Crippen LogP contribution in [0, 0.1) is 11.3 Å². The van der Waals surface area contributed by atoms with Crippen molar-refractivity contribution < 1.29 is 9.47 Å². The standard InChI is InChI=1S/C13H19N3O2/c1-17-8-3-6-16(7-9-18-2)13-10-12(11-14)4-5-15-13/h4-5,10H,3,6-9H2,1-2H3. The second kappa shape index (κ2) is 8.45. The first-order valence-electron chi connectivity index (χ1n) is 5.90. The fraction of sp³-hybridized carbons (Fsp3) is 0.538. The number of anilines is 1. The van der Waals surface area contributed by atoms with Gasteiger partial charge >= 0.3 is 0 Å². The lowest BCUT2D eigenvalue weighted by molar-refractivity contribution is 0.191. The molecule has 0 amide bonds. The Hall–Kier alpha value is -1.64. The number of nitriles is 1. The molecule has 0 saturated heterocycles. The Morgan fingerprint density at radius 2 is 2.06 bits per heavy atom. The van der Waals surface area contributed by atoms with E-state index in [1.165, 1.54) is 0 Å². The summed E-state index contributed by atoms with van der Waals surface area (Å²) >= 11 is 0. The van der Waals surface area contributed by atoms with Gasteiger partial charge in [-0.3, -0.25) is 0 Å². The molecule has 0 aromatic carbocycles. The number of ether oxygens (including phenoxy) is 2. The molecule has 0 atom stereocenters. The van der Waals surface area contributed by atoms with E-state index in [0.717, 1.165) is 25.3 Å². The lowest BCUT2D eigenvalue weighted by Gasteiger charge is -2.23. The minimum absolute atomic E-state index is 0.620. The van der Waals surface area contributed by atoms with E-state index in [4.69, 9.17) is 14.7 Å². The van der Waals surface area contributed by atoms with Crippen molar-refractivity contribution in [2.75, 3.05) is 45.4 Å². The van der Waals surface area contributed by atoms with Gasteiger partial charge in [0.25, 0.3) is 0 Å². The molecule has 1 aromatic rings. The number of hydrogen-bond donors (Lipinski definition) is 0. The van der Waals surface area contributed by atoms with Crippen molar-refractivity contribution in [1.82, 2.24) is 4.98 Å². The van der Waals surface area contributed by atoms with Crippen LogP contribution in [0.15, 0.2) is 18.3 Å². The first-order chi connectivity index (χ1) is 8.81. The maximum absolute atomic E-state index is 8.89. The largest absolute Gasteiger partial charge is 0.385 e. The highest BCUT2D eigenvalue weighted by Gasteiger charge is 2.08.